The third kappa shape index (κ3) is 4.15. The van der Waals surface area contributed by atoms with Crippen molar-refractivity contribution in [2.45, 2.75) is 52.8 Å². The van der Waals surface area contributed by atoms with Crippen LogP contribution >= 0.6 is 0 Å². The minimum Gasteiger partial charge on any atom is -0.493 e. The van der Waals surface area contributed by atoms with E-state index in [0.717, 1.165) is 16.9 Å². The van der Waals surface area contributed by atoms with Crippen molar-refractivity contribution in [3.8, 4) is 11.5 Å². The van der Waals surface area contributed by atoms with E-state index in [1.54, 1.807) is 14.2 Å². The molecule has 1 atom stereocenters. The zero-order valence-corrected chi connectivity index (χ0v) is 16.0. The van der Waals surface area contributed by atoms with Crippen molar-refractivity contribution in [1.29, 1.82) is 0 Å². The lowest BCUT2D eigenvalue weighted by atomic mass is 10.2. The summed E-state index contributed by atoms with van der Waals surface area (Å²) in [5, 5.41) is 2.84. The van der Waals surface area contributed by atoms with Crippen molar-refractivity contribution in [1.82, 2.24) is 14.9 Å². The number of fused-ring (bicyclic) bond motifs is 1. The van der Waals surface area contributed by atoms with Crippen LogP contribution in [0.1, 0.15) is 46.5 Å². The van der Waals surface area contributed by atoms with Crippen LogP contribution in [-0.2, 0) is 11.3 Å². The molecule has 1 amide bonds. The Balaban J connectivity index is 2.38. The Morgan fingerprint density at radius 2 is 1.84 bits per heavy atom. The molecule has 0 aliphatic carbocycles. The summed E-state index contributed by atoms with van der Waals surface area (Å²) in [5.74, 6) is 2.01. The maximum Gasteiger partial charge on any atom is 0.408 e. The van der Waals surface area contributed by atoms with Gasteiger partial charge in [-0.05, 0) is 34.6 Å². The Labute approximate surface area is 148 Å². The second kappa shape index (κ2) is 7.21. The van der Waals surface area contributed by atoms with Crippen molar-refractivity contribution in [2.75, 3.05) is 14.2 Å². The summed E-state index contributed by atoms with van der Waals surface area (Å²) in [6.45, 7) is 10.1. The number of carbonyl (C=O) groups excluding carboxylic acids is 1. The number of alkyl carbamates (subject to hydrolysis) is 1. The fourth-order valence-corrected chi connectivity index (χ4v) is 2.68. The van der Waals surface area contributed by atoms with Crippen LogP contribution in [0.5, 0.6) is 11.5 Å². The van der Waals surface area contributed by atoms with Crippen LogP contribution in [0, 0.1) is 0 Å². The number of aromatic nitrogens is 2. The van der Waals surface area contributed by atoms with E-state index in [1.807, 2.05) is 51.3 Å². The largest absolute Gasteiger partial charge is 0.493 e. The number of nitrogens with zero attached hydrogens (tertiary/aromatic N) is 2. The zero-order chi connectivity index (χ0) is 18.8. The molecule has 138 valence electrons. The number of hydrogen-bond donors (Lipinski definition) is 1. The van der Waals surface area contributed by atoms with Crippen LogP contribution in [-0.4, -0.2) is 35.5 Å². The summed E-state index contributed by atoms with van der Waals surface area (Å²) < 4.78 is 18.1. The molecule has 1 aromatic carbocycles. The Hall–Kier alpha value is -2.44. The highest BCUT2D eigenvalue weighted by Crippen LogP contribution is 2.33. The number of benzene rings is 1. The smallest absolute Gasteiger partial charge is 0.408 e. The summed E-state index contributed by atoms with van der Waals surface area (Å²) in [7, 11) is 3.19. The van der Waals surface area contributed by atoms with E-state index in [1.165, 1.54) is 0 Å². The van der Waals surface area contributed by atoms with Gasteiger partial charge in [0.05, 0.1) is 31.3 Å². The molecule has 1 N–H and O–H groups in total. The number of methoxy groups -OCH3 is 2. The first-order chi connectivity index (χ1) is 11.7. The van der Waals surface area contributed by atoms with Crippen molar-refractivity contribution >= 4 is 17.1 Å². The van der Waals surface area contributed by atoms with Gasteiger partial charge in [0.2, 0.25) is 0 Å². The quantitative estimate of drug-likeness (QED) is 0.891. The molecule has 0 aliphatic heterocycles. The highest BCUT2D eigenvalue weighted by molar-refractivity contribution is 5.81. The molecule has 0 saturated carbocycles. The summed E-state index contributed by atoms with van der Waals surface area (Å²) in [5.41, 5.74) is 1.16. The van der Waals surface area contributed by atoms with Gasteiger partial charge in [0, 0.05) is 18.7 Å². The molecule has 0 aliphatic rings. The SMILES string of the molecule is CCn1c([C@@H](C)NC(=O)OC(C)(C)C)nc2cc(OC)c(OC)cc21. The molecular weight excluding hydrogens is 322 g/mol. The lowest BCUT2D eigenvalue weighted by Gasteiger charge is -2.22. The molecule has 2 aromatic rings. The van der Waals surface area contributed by atoms with Gasteiger partial charge in [0.1, 0.15) is 11.4 Å². The molecule has 0 fully saturated rings. The van der Waals surface area contributed by atoms with Crippen LogP contribution < -0.4 is 14.8 Å². The predicted octanol–water partition coefficient (Wildman–Crippen LogP) is 3.66. The third-order valence-electron chi connectivity index (χ3n) is 3.72. The monoisotopic (exact) mass is 349 g/mol. The number of amides is 1. The van der Waals surface area contributed by atoms with E-state index in [2.05, 4.69) is 10.3 Å². The second-order valence-corrected chi connectivity index (χ2v) is 6.78. The van der Waals surface area contributed by atoms with Gasteiger partial charge in [-0.2, -0.15) is 0 Å². The van der Waals surface area contributed by atoms with E-state index in [9.17, 15) is 4.79 Å². The maximum absolute atomic E-state index is 12.0. The van der Waals surface area contributed by atoms with E-state index < -0.39 is 11.7 Å². The fraction of sp³-hybridized carbons (Fsp3) is 0.556. The number of ether oxygens (including phenoxy) is 3. The van der Waals surface area contributed by atoms with Crippen LogP contribution in [0.25, 0.3) is 11.0 Å². The van der Waals surface area contributed by atoms with Gasteiger partial charge in [-0.1, -0.05) is 0 Å². The molecule has 1 aromatic heterocycles. The Morgan fingerprint density at radius 3 is 2.36 bits per heavy atom. The highest BCUT2D eigenvalue weighted by Gasteiger charge is 2.22. The highest BCUT2D eigenvalue weighted by atomic mass is 16.6. The Morgan fingerprint density at radius 1 is 1.24 bits per heavy atom. The molecule has 1 heterocycles. The zero-order valence-electron chi connectivity index (χ0n) is 16.0. The Bertz CT molecular complexity index is 762. The molecule has 7 nitrogen and oxygen atoms in total. The number of rotatable bonds is 5. The van der Waals surface area contributed by atoms with E-state index in [4.69, 9.17) is 14.2 Å². The molecule has 2 rings (SSSR count). The van der Waals surface area contributed by atoms with Gasteiger partial charge in [-0.3, -0.25) is 0 Å². The molecule has 0 saturated heterocycles. The molecular formula is C18H27N3O4. The number of carbonyl (C=O) groups is 1. The second-order valence-electron chi connectivity index (χ2n) is 6.78. The van der Waals surface area contributed by atoms with Crippen LogP contribution in [0.4, 0.5) is 4.79 Å². The van der Waals surface area contributed by atoms with Crippen molar-refractivity contribution < 1.29 is 19.0 Å². The molecule has 0 radical (unpaired) electrons. The first kappa shape index (κ1) is 18.9. The minimum atomic E-state index is -0.546. The summed E-state index contributed by atoms with van der Waals surface area (Å²) >= 11 is 0. The van der Waals surface area contributed by atoms with Crippen molar-refractivity contribution in [2.24, 2.45) is 0 Å². The topological polar surface area (TPSA) is 74.6 Å². The van der Waals surface area contributed by atoms with Crippen LogP contribution in [0.2, 0.25) is 0 Å². The predicted molar refractivity (Wildman–Crippen MR) is 96.3 cm³/mol. The van der Waals surface area contributed by atoms with Crippen molar-refractivity contribution in [3.05, 3.63) is 18.0 Å². The first-order valence-corrected chi connectivity index (χ1v) is 8.31. The fourth-order valence-electron chi connectivity index (χ4n) is 2.68. The van der Waals surface area contributed by atoms with E-state index in [-0.39, 0.29) is 6.04 Å². The standard InChI is InChI=1S/C18H27N3O4/c1-8-21-13-10-15(24-7)14(23-6)9-12(13)20-16(21)11(2)19-17(22)25-18(3,4)5/h9-11H,8H2,1-7H3,(H,19,22)/t11-/m1/s1. The number of imidazole rings is 1. The molecule has 0 unspecified atom stereocenters. The Kier molecular flexibility index (Phi) is 5.45. The maximum atomic E-state index is 12.0. The minimum absolute atomic E-state index is 0.306. The van der Waals surface area contributed by atoms with Crippen LogP contribution in [0.15, 0.2) is 12.1 Å². The lowest BCUT2D eigenvalue weighted by Crippen LogP contribution is -2.34. The van der Waals surface area contributed by atoms with Crippen LogP contribution in [0.3, 0.4) is 0 Å². The van der Waals surface area contributed by atoms with Gasteiger partial charge in [-0.15, -0.1) is 0 Å². The molecule has 0 spiro atoms. The molecule has 7 heteroatoms. The van der Waals surface area contributed by atoms with Gasteiger partial charge in [0.15, 0.2) is 11.5 Å². The normalized spacial score (nSPS) is 12.8. The lowest BCUT2D eigenvalue weighted by molar-refractivity contribution is 0.0505. The average Bonchev–Trinajstić information content (AvgIpc) is 2.88. The van der Waals surface area contributed by atoms with Gasteiger partial charge < -0.3 is 24.1 Å². The first-order valence-electron chi connectivity index (χ1n) is 8.31. The van der Waals surface area contributed by atoms with Gasteiger partial charge in [-0.25, -0.2) is 9.78 Å². The van der Waals surface area contributed by atoms with E-state index >= 15 is 0 Å². The number of aryl methyl sites for hydroxylation is 1. The van der Waals surface area contributed by atoms with Gasteiger partial charge >= 0.3 is 6.09 Å². The molecule has 0 bridgehead atoms. The average molecular weight is 349 g/mol. The van der Waals surface area contributed by atoms with Gasteiger partial charge in [0.25, 0.3) is 0 Å². The number of hydrogen-bond acceptors (Lipinski definition) is 5. The van der Waals surface area contributed by atoms with Crippen molar-refractivity contribution in [3.63, 3.8) is 0 Å². The third-order valence-corrected chi connectivity index (χ3v) is 3.72. The number of nitrogens with one attached hydrogen (secondary N) is 1. The molecule has 25 heavy (non-hydrogen) atoms. The summed E-state index contributed by atoms with van der Waals surface area (Å²) in [6.07, 6.45) is -0.468. The summed E-state index contributed by atoms with van der Waals surface area (Å²) in [6, 6.07) is 3.43. The van der Waals surface area contributed by atoms with E-state index in [0.29, 0.717) is 18.0 Å². The summed E-state index contributed by atoms with van der Waals surface area (Å²) in [4.78, 5) is 16.7.